The van der Waals surface area contributed by atoms with Crippen molar-refractivity contribution in [1.29, 1.82) is 0 Å². The second-order valence-electron chi connectivity index (χ2n) is 5.93. The molecule has 0 aliphatic heterocycles. The van der Waals surface area contributed by atoms with Gasteiger partial charge in [0.2, 0.25) is 5.91 Å². The Bertz CT molecular complexity index is 616. The van der Waals surface area contributed by atoms with Crippen molar-refractivity contribution >= 4 is 11.6 Å². The number of benzene rings is 2. The number of amides is 1. The van der Waals surface area contributed by atoms with Gasteiger partial charge in [0.1, 0.15) is 0 Å². The third-order valence-corrected chi connectivity index (χ3v) is 4.14. The van der Waals surface area contributed by atoms with Crippen LogP contribution in [0.3, 0.4) is 0 Å². The summed E-state index contributed by atoms with van der Waals surface area (Å²) in [6.07, 6.45) is 2.35. The molecule has 0 aromatic heterocycles. The Morgan fingerprint density at radius 1 is 1.09 bits per heavy atom. The van der Waals surface area contributed by atoms with Gasteiger partial charge in [0.05, 0.1) is 0 Å². The molecule has 22 heavy (non-hydrogen) atoms. The van der Waals surface area contributed by atoms with Crippen LogP contribution in [0.5, 0.6) is 0 Å². The summed E-state index contributed by atoms with van der Waals surface area (Å²) in [4.78, 5) is 12.2. The Balaban J connectivity index is 1.96. The zero-order valence-corrected chi connectivity index (χ0v) is 13.7. The minimum atomic E-state index is 0.0799. The molecule has 0 spiro atoms. The topological polar surface area (TPSA) is 29.1 Å². The van der Waals surface area contributed by atoms with Gasteiger partial charge in [-0.05, 0) is 42.9 Å². The lowest BCUT2D eigenvalue weighted by molar-refractivity contribution is -0.116. The van der Waals surface area contributed by atoms with Gasteiger partial charge in [-0.25, -0.2) is 0 Å². The van der Waals surface area contributed by atoms with E-state index in [0.717, 1.165) is 18.5 Å². The number of hydrogen-bond donors (Lipinski definition) is 1. The van der Waals surface area contributed by atoms with Crippen LogP contribution in [0.15, 0.2) is 48.5 Å². The highest BCUT2D eigenvalue weighted by atomic mass is 16.1. The lowest BCUT2D eigenvalue weighted by Gasteiger charge is -2.15. The molecule has 0 fully saturated rings. The molecule has 2 aromatic carbocycles. The fourth-order valence-electron chi connectivity index (χ4n) is 2.49. The van der Waals surface area contributed by atoms with Gasteiger partial charge in [-0.15, -0.1) is 0 Å². The molecule has 2 heteroatoms. The molecular weight excluding hydrogens is 270 g/mol. The van der Waals surface area contributed by atoms with Crippen LogP contribution < -0.4 is 5.32 Å². The van der Waals surface area contributed by atoms with Crippen molar-refractivity contribution in [2.45, 2.75) is 46.0 Å². The fraction of sp³-hybridized carbons (Fsp3) is 0.350. The second-order valence-corrected chi connectivity index (χ2v) is 5.93. The summed E-state index contributed by atoms with van der Waals surface area (Å²) in [5, 5.41) is 3.07. The maximum atomic E-state index is 12.2. The van der Waals surface area contributed by atoms with Gasteiger partial charge in [0.15, 0.2) is 0 Å². The van der Waals surface area contributed by atoms with E-state index in [9.17, 15) is 4.79 Å². The first-order chi connectivity index (χ1) is 10.6. The lowest BCUT2D eigenvalue weighted by Crippen LogP contribution is -2.14. The lowest BCUT2D eigenvalue weighted by atomic mass is 9.97. The second kappa shape index (κ2) is 7.79. The number of nitrogens with one attached hydrogen (secondary N) is 1. The molecular formula is C20H25NO. The van der Waals surface area contributed by atoms with Crippen LogP contribution >= 0.6 is 0 Å². The maximum Gasteiger partial charge on any atom is 0.224 e. The van der Waals surface area contributed by atoms with Crippen LogP contribution in [0.1, 0.15) is 49.3 Å². The van der Waals surface area contributed by atoms with Gasteiger partial charge < -0.3 is 5.32 Å². The minimum absolute atomic E-state index is 0.0799. The van der Waals surface area contributed by atoms with Crippen molar-refractivity contribution in [3.63, 3.8) is 0 Å². The molecule has 0 saturated carbocycles. The first-order valence-corrected chi connectivity index (χ1v) is 8.04. The summed E-state index contributed by atoms with van der Waals surface area (Å²) in [7, 11) is 0. The quantitative estimate of drug-likeness (QED) is 0.791. The van der Waals surface area contributed by atoms with Gasteiger partial charge in [-0.1, -0.05) is 61.9 Å². The molecule has 1 N–H and O–H groups in total. The first-order valence-electron chi connectivity index (χ1n) is 8.04. The largest absolute Gasteiger partial charge is 0.326 e. The normalized spacial score (nSPS) is 12.0. The van der Waals surface area contributed by atoms with Gasteiger partial charge in [-0.2, -0.15) is 0 Å². The number of rotatable bonds is 6. The van der Waals surface area contributed by atoms with Crippen LogP contribution in [0.4, 0.5) is 5.69 Å². The summed E-state index contributed by atoms with van der Waals surface area (Å²) >= 11 is 0. The van der Waals surface area contributed by atoms with E-state index in [1.54, 1.807) is 0 Å². The molecule has 1 atom stereocenters. The third kappa shape index (κ3) is 4.45. The Morgan fingerprint density at radius 3 is 2.45 bits per heavy atom. The van der Waals surface area contributed by atoms with Gasteiger partial charge in [-0.3, -0.25) is 4.79 Å². The number of para-hydroxylation sites is 1. The molecule has 116 valence electrons. The number of carbonyl (C=O) groups excluding carboxylic acids is 1. The zero-order chi connectivity index (χ0) is 15.9. The predicted molar refractivity (Wildman–Crippen MR) is 93.3 cm³/mol. The molecule has 2 nitrogen and oxygen atoms in total. The van der Waals surface area contributed by atoms with E-state index in [4.69, 9.17) is 0 Å². The van der Waals surface area contributed by atoms with E-state index in [-0.39, 0.29) is 5.91 Å². The Hall–Kier alpha value is -2.09. The molecule has 1 amide bonds. The van der Waals surface area contributed by atoms with Crippen molar-refractivity contribution in [2.24, 2.45) is 0 Å². The Morgan fingerprint density at radius 2 is 1.77 bits per heavy atom. The highest BCUT2D eigenvalue weighted by Gasteiger charge is 2.10. The Kier molecular flexibility index (Phi) is 5.76. The number of carbonyl (C=O) groups is 1. The first kappa shape index (κ1) is 16.3. The van der Waals surface area contributed by atoms with E-state index in [1.165, 1.54) is 16.7 Å². The number of anilines is 1. The highest BCUT2D eigenvalue weighted by molar-refractivity contribution is 5.91. The predicted octanol–water partition coefficient (Wildman–Crippen LogP) is 5.08. The molecule has 0 bridgehead atoms. The fourth-order valence-corrected chi connectivity index (χ4v) is 2.49. The molecule has 2 rings (SSSR count). The van der Waals surface area contributed by atoms with E-state index < -0.39 is 0 Å². The monoisotopic (exact) mass is 295 g/mol. The molecule has 0 aliphatic rings. The van der Waals surface area contributed by atoms with Crippen molar-refractivity contribution in [2.75, 3.05) is 5.32 Å². The zero-order valence-electron chi connectivity index (χ0n) is 13.7. The summed E-state index contributed by atoms with van der Waals surface area (Å²) in [6, 6.07) is 16.5. The van der Waals surface area contributed by atoms with Gasteiger partial charge in [0, 0.05) is 12.1 Å². The average molecular weight is 295 g/mol. The molecule has 0 aliphatic carbocycles. The van der Waals surface area contributed by atoms with Crippen molar-refractivity contribution in [1.82, 2.24) is 0 Å². The number of aryl methyl sites for hydroxylation is 2. The Labute approximate surface area is 133 Å². The van der Waals surface area contributed by atoms with Crippen molar-refractivity contribution in [3.8, 4) is 0 Å². The van der Waals surface area contributed by atoms with E-state index in [0.29, 0.717) is 12.3 Å². The summed E-state index contributed by atoms with van der Waals surface area (Å²) in [5.74, 6) is 0.532. The summed E-state index contributed by atoms with van der Waals surface area (Å²) < 4.78 is 0. The van der Waals surface area contributed by atoms with E-state index >= 15 is 0 Å². The van der Waals surface area contributed by atoms with Crippen LogP contribution in [0.2, 0.25) is 0 Å². The molecule has 1 unspecified atom stereocenters. The smallest absolute Gasteiger partial charge is 0.224 e. The molecule has 0 radical (unpaired) electrons. The van der Waals surface area contributed by atoms with Crippen LogP contribution in [0.25, 0.3) is 0 Å². The molecule has 2 aromatic rings. The minimum Gasteiger partial charge on any atom is -0.326 e. The van der Waals surface area contributed by atoms with Gasteiger partial charge >= 0.3 is 0 Å². The van der Waals surface area contributed by atoms with Crippen LogP contribution in [-0.4, -0.2) is 5.91 Å². The van der Waals surface area contributed by atoms with Gasteiger partial charge in [0.25, 0.3) is 0 Å². The average Bonchev–Trinajstić information content (AvgIpc) is 2.54. The molecule has 0 heterocycles. The van der Waals surface area contributed by atoms with Crippen molar-refractivity contribution < 1.29 is 4.79 Å². The highest BCUT2D eigenvalue weighted by Crippen LogP contribution is 2.26. The summed E-state index contributed by atoms with van der Waals surface area (Å²) in [6.45, 7) is 6.43. The maximum absolute atomic E-state index is 12.2. The number of hydrogen-bond acceptors (Lipinski definition) is 1. The van der Waals surface area contributed by atoms with E-state index in [1.807, 2.05) is 18.2 Å². The van der Waals surface area contributed by atoms with E-state index in [2.05, 4.69) is 56.4 Å². The standard InChI is InChI=1S/C20H25NO/c1-4-16(3)18-7-5-6-8-19(18)21-20(22)14-13-17-11-9-15(2)10-12-17/h5-12,16H,4,13-14H2,1-3H3,(H,21,22). The third-order valence-electron chi connectivity index (χ3n) is 4.14. The van der Waals surface area contributed by atoms with Crippen molar-refractivity contribution in [3.05, 3.63) is 65.2 Å². The van der Waals surface area contributed by atoms with Crippen LogP contribution in [-0.2, 0) is 11.2 Å². The SMILES string of the molecule is CCC(C)c1ccccc1NC(=O)CCc1ccc(C)cc1. The summed E-state index contributed by atoms with van der Waals surface area (Å²) in [5.41, 5.74) is 4.62. The van der Waals surface area contributed by atoms with Crippen LogP contribution in [0, 0.1) is 6.92 Å². The molecule has 0 saturated heterocycles.